The number of piperidine rings is 1. The zero-order valence-corrected chi connectivity index (χ0v) is 10.6. The highest BCUT2D eigenvalue weighted by molar-refractivity contribution is 5.73. The van der Waals surface area contributed by atoms with Crippen LogP contribution in [-0.2, 0) is 9.53 Å². The molecule has 2 aliphatic rings. The summed E-state index contributed by atoms with van der Waals surface area (Å²) in [6.45, 7) is 6.77. The fourth-order valence-corrected chi connectivity index (χ4v) is 2.76. The number of hydrogen-bond donors (Lipinski definition) is 1. The van der Waals surface area contributed by atoms with Gasteiger partial charge in [0, 0.05) is 45.7 Å². The Labute approximate surface area is 103 Å². The molecule has 2 N–H and O–H groups in total. The number of hydrogen-bond acceptors (Lipinski definition) is 4. The summed E-state index contributed by atoms with van der Waals surface area (Å²) in [5.41, 5.74) is 5.65. The lowest BCUT2D eigenvalue weighted by Crippen LogP contribution is -2.53. The first-order valence-corrected chi connectivity index (χ1v) is 6.52. The second kappa shape index (κ2) is 5.80. The molecule has 2 fully saturated rings. The molecule has 2 rings (SSSR count). The topological polar surface area (TPSA) is 58.8 Å². The van der Waals surface area contributed by atoms with Crippen molar-refractivity contribution in [3.05, 3.63) is 0 Å². The summed E-state index contributed by atoms with van der Waals surface area (Å²) in [7, 11) is 0. The molecule has 98 valence electrons. The normalized spacial score (nSPS) is 28.4. The summed E-state index contributed by atoms with van der Waals surface area (Å²) in [6.07, 6.45) is 2.35. The number of amides is 1. The highest BCUT2D eigenvalue weighted by Crippen LogP contribution is 2.19. The Morgan fingerprint density at radius 3 is 2.65 bits per heavy atom. The van der Waals surface area contributed by atoms with Gasteiger partial charge in [0.25, 0.3) is 0 Å². The van der Waals surface area contributed by atoms with Crippen LogP contribution in [0.2, 0.25) is 0 Å². The van der Waals surface area contributed by atoms with E-state index in [4.69, 9.17) is 10.5 Å². The number of rotatable bonds is 2. The number of carbonyl (C=O) groups is 1. The number of nitrogens with zero attached hydrogens (tertiary/aromatic N) is 2. The van der Waals surface area contributed by atoms with Crippen LogP contribution in [-0.4, -0.2) is 67.2 Å². The lowest BCUT2D eigenvalue weighted by atomic mass is 10.0. The Bertz CT molecular complexity index is 264. The van der Waals surface area contributed by atoms with Gasteiger partial charge in [0.1, 0.15) is 0 Å². The molecule has 0 aromatic carbocycles. The first-order chi connectivity index (χ1) is 8.20. The summed E-state index contributed by atoms with van der Waals surface area (Å²) in [6, 6.07) is 0.601. The zero-order chi connectivity index (χ0) is 12.3. The van der Waals surface area contributed by atoms with Gasteiger partial charge in [-0.15, -0.1) is 0 Å². The van der Waals surface area contributed by atoms with Gasteiger partial charge in [-0.05, 0) is 12.8 Å². The average molecular weight is 241 g/mol. The number of nitrogens with two attached hydrogens (primary N) is 1. The van der Waals surface area contributed by atoms with Crippen LogP contribution in [0.4, 0.5) is 0 Å². The van der Waals surface area contributed by atoms with E-state index in [0.29, 0.717) is 12.6 Å². The first-order valence-electron chi connectivity index (χ1n) is 6.52. The molecule has 0 saturated carbocycles. The van der Waals surface area contributed by atoms with Gasteiger partial charge >= 0.3 is 0 Å². The molecule has 5 heteroatoms. The third-order valence-electron chi connectivity index (χ3n) is 3.86. The molecule has 0 bridgehead atoms. The largest absolute Gasteiger partial charge is 0.374 e. The molecule has 0 aromatic heterocycles. The minimum Gasteiger partial charge on any atom is -0.374 e. The van der Waals surface area contributed by atoms with Crippen molar-refractivity contribution in [1.29, 1.82) is 0 Å². The molecule has 2 saturated heterocycles. The fraction of sp³-hybridized carbons (Fsp3) is 0.917. The van der Waals surface area contributed by atoms with E-state index in [2.05, 4.69) is 4.90 Å². The molecular formula is C12H23N3O2. The number of likely N-dealkylation sites (tertiary alicyclic amines) is 1. The molecule has 17 heavy (non-hydrogen) atoms. The standard InChI is InChI=1S/C12H23N3O2/c1-10(16)14-4-2-11(3-5-14)15-6-7-17-12(8-13)9-15/h11-12H,2-9,13H2,1H3. The van der Waals surface area contributed by atoms with Gasteiger partial charge in [-0.25, -0.2) is 0 Å². The monoisotopic (exact) mass is 241 g/mol. The van der Waals surface area contributed by atoms with Crippen molar-refractivity contribution < 1.29 is 9.53 Å². The molecular weight excluding hydrogens is 218 g/mol. The van der Waals surface area contributed by atoms with Crippen molar-refractivity contribution in [3.63, 3.8) is 0 Å². The van der Waals surface area contributed by atoms with Gasteiger partial charge in [0.05, 0.1) is 12.7 Å². The number of ether oxygens (including phenoxy) is 1. The zero-order valence-electron chi connectivity index (χ0n) is 10.6. The predicted molar refractivity (Wildman–Crippen MR) is 65.6 cm³/mol. The summed E-state index contributed by atoms with van der Waals surface area (Å²) in [4.78, 5) is 15.7. The second-order valence-corrected chi connectivity index (χ2v) is 4.96. The van der Waals surface area contributed by atoms with Crippen LogP contribution in [0.5, 0.6) is 0 Å². The lowest BCUT2D eigenvalue weighted by molar-refractivity contribution is -0.131. The molecule has 2 aliphatic heterocycles. The Morgan fingerprint density at radius 1 is 1.35 bits per heavy atom. The smallest absolute Gasteiger partial charge is 0.219 e. The summed E-state index contributed by atoms with van der Waals surface area (Å²) in [5, 5.41) is 0. The quantitative estimate of drug-likeness (QED) is 0.718. The van der Waals surface area contributed by atoms with Crippen LogP contribution in [0.3, 0.4) is 0 Å². The SMILES string of the molecule is CC(=O)N1CCC(N2CCOC(CN)C2)CC1. The van der Waals surface area contributed by atoms with Gasteiger partial charge in [0.15, 0.2) is 0 Å². The summed E-state index contributed by atoms with van der Waals surface area (Å²) >= 11 is 0. The maximum absolute atomic E-state index is 11.3. The third-order valence-corrected chi connectivity index (χ3v) is 3.86. The van der Waals surface area contributed by atoms with Crippen molar-refractivity contribution >= 4 is 5.91 Å². The van der Waals surface area contributed by atoms with E-state index in [1.165, 1.54) is 0 Å². The van der Waals surface area contributed by atoms with E-state index in [0.717, 1.165) is 45.6 Å². The van der Waals surface area contributed by atoms with Crippen LogP contribution in [0, 0.1) is 0 Å². The predicted octanol–water partition coefficient (Wildman–Crippen LogP) is -0.343. The number of carbonyl (C=O) groups excluding carboxylic acids is 1. The van der Waals surface area contributed by atoms with Crippen molar-refractivity contribution in [2.75, 3.05) is 39.3 Å². The van der Waals surface area contributed by atoms with Crippen molar-refractivity contribution in [1.82, 2.24) is 9.80 Å². The average Bonchev–Trinajstić information content (AvgIpc) is 2.39. The molecule has 0 aliphatic carbocycles. The first kappa shape index (κ1) is 12.8. The minimum absolute atomic E-state index is 0.189. The molecule has 2 heterocycles. The van der Waals surface area contributed by atoms with Crippen molar-refractivity contribution in [3.8, 4) is 0 Å². The Kier molecular flexibility index (Phi) is 4.36. The van der Waals surface area contributed by atoms with E-state index in [1.54, 1.807) is 6.92 Å². The van der Waals surface area contributed by atoms with Crippen molar-refractivity contribution in [2.24, 2.45) is 5.73 Å². The highest BCUT2D eigenvalue weighted by atomic mass is 16.5. The Balaban J connectivity index is 1.81. The van der Waals surface area contributed by atoms with E-state index >= 15 is 0 Å². The van der Waals surface area contributed by atoms with Crippen LogP contribution in [0.15, 0.2) is 0 Å². The number of morpholine rings is 1. The van der Waals surface area contributed by atoms with Crippen LogP contribution < -0.4 is 5.73 Å². The second-order valence-electron chi connectivity index (χ2n) is 4.96. The van der Waals surface area contributed by atoms with Crippen LogP contribution in [0.25, 0.3) is 0 Å². The van der Waals surface area contributed by atoms with Crippen LogP contribution >= 0.6 is 0 Å². The van der Waals surface area contributed by atoms with Gasteiger partial charge in [-0.2, -0.15) is 0 Å². The van der Waals surface area contributed by atoms with E-state index < -0.39 is 0 Å². The van der Waals surface area contributed by atoms with E-state index in [1.807, 2.05) is 4.90 Å². The maximum Gasteiger partial charge on any atom is 0.219 e. The molecule has 0 spiro atoms. The molecule has 1 amide bonds. The molecule has 0 aromatic rings. The molecule has 0 radical (unpaired) electrons. The highest BCUT2D eigenvalue weighted by Gasteiger charge is 2.29. The molecule has 1 unspecified atom stereocenters. The van der Waals surface area contributed by atoms with Gasteiger partial charge in [-0.3, -0.25) is 9.69 Å². The van der Waals surface area contributed by atoms with E-state index in [9.17, 15) is 4.79 Å². The third kappa shape index (κ3) is 3.18. The van der Waals surface area contributed by atoms with Crippen LogP contribution in [0.1, 0.15) is 19.8 Å². The van der Waals surface area contributed by atoms with Gasteiger partial charge in [-0.1, -0.05) is 0 Å². The summed E-state index contributed by atoms with van der Waals surface area (Å²) in [5.74, 6) is 0.199. The Hall–Kier alpha value is -0.650. The lowest BCUT2D eigenvalue weighted by Gasteiger charge is -2.41. The van der Waals surface area contributed by atoms with E-state index in [-0.39, 0.29) is 12.0 Å². The minimum atomic E-state index is 0.189. The van der Waals surface area contributed by atoms with Gasteiger partial charge in [0.2, 0.25) is 5.91 Å². The Morgan fingerprint density at radius 2 is 2.06 bits per heavy atom. The summed E-state index contributed by atoms with van der Waals surface area (Å²) < 4.78 is 5.58. The molecule has 1 atom stereocenters. The molecule has 5 nitrogen and oxygen atoms in total. The van der Waals surface area contributed by atoms with Gasteiger partial charge < -0.3 is 15.4 Å². The maximum atomic E-state index is 11.3. The fourth-order valence-electron chi connectivity index (χ4n) is 2.76. The van der Waals surface area contributed by atoms with Crippen molar-refractivity contribution in [2.45, 2.75) is 31.9 Å².